The molecule has 1 heterocycles. The standard InChI is InChI=1S/C18H22N2O/c21-12-10-19-13-16-7-4-8-18-17(16)9-11-20(18)14-15-5-2-1-3-6-15/h1-8,19,21H,9-14H2. The minimum absolute atomic E-state index is 0.190. The molecule has 0 amide bonds. The number of benzene rings is 2. The van der Waals surface area contributed by atoms with Crippen molar-refractivity contribution < 1.29 is 5.11 Å². The van der Waals surface area contributed by atoms with Gasteiger partial charge >= 0.3 is 0 Å². The quantitative estimate of drug-likeness (QED) is 0.798. The number of aliphatic hydroxyl groups excluding tert-OH is 1. The first-order valence-corrected chi connectivity index (χ1v) is 7.59. The lowest BCUT2D eigenvalue weighted by Crippen LogP contribution is -2.19. The molecule has 0 saturated carbocycles. The fourth-order valence-corrected chi connectivity index (χ4v) is 3.01. The third-order valence-electron chi connectivity index (χ3n) is 4.04. The average Bonchev–Trinajstić information content (AvgIpc) is 2.93. The number of fused-ring (bicyclic) bond motifs is 1. The molecule has 0 atom stereocenters. The largest absolute Gasteiger partial charge is 0.395 e. The van der Waals surface area contributed by atoms with E-state index in [-0.39, 0.29) is 6.61 Å². The maximum atomic E-state index is 8.87. The van der Waals surface area contributed by atoms with E-state index >= 15 is 0 Å². The van der Waals surface area contributed by atoms with Gasteiger partial charge < -0.3 is 15.3 Å². The molecule has 110 valence electrons. The Morgan fingerprint density at radius 2 is 1.90 bits per heavy atom. The summed E-state index contributed by atoms with van der Waals surface area (Å²) in [7, 11) is 0. The predicted octanol–water partition coefficient (Wildman–Crippen LogP) is 2.33. The molecule has 2 aromatic rings. The van der Waals surface area contributed by atoms with E-state index < -0.39 is 0 Å². The van der Waals surface area contributed by atoms with Crippen LogP contribution in [0.1, 0.15) is 16.7 Å². The van der Waals surface area contributed by atoms with E-state index in [2.05, 4.69) is 58.7 Å². The Morgan fingerprint density at radius 1 is 1.05 bits per heavy atom. The zero-order valence-electron chi connectivity index (χ0n) is 12.3. The van der Waals surface area contributed by atoms with Gasteiger partial charge in [0, 0.05) is 31.9 Å². The molecule has 0 saturated heterocycles. The molecule has 0 aliphatic carbocycles. The molecular weight excluding hydrogens is 260 g/mol. The average molecular weight is 282 g/mol. The molecule has 0 unspecified atom stereocenters. The van der Waals surface area contributed by atoms with Crippen molar-refractivity contribution in [2.24, 2.45) is 0 Å². The highest BCUT2D eigenvalue weighted by molar-refractivity contribution is 5.61. The number of anilines is 1. The molecule has 0 spiro atoms. The van der Waals surface area contributed by atoms with Crippen LogP contribution in [0, 0.1) is 0 Å². The number of rotatable bonds is 6. The van der Waals surface area contributed by atoms with Crippen molar-refractivity contribution >= 4 is 5.69 Å². The summed E-state index contributed by atoms with van der Waals surface area (Å²) in [6.07, 6.45) is 1.11. The van der Waals surface area contributed by atoms with E-state index in [1.165, 1.54) is 22.4 Å². The minimum Gasteiger partial charge on any atom is -0.395 e. The van der Waals surface area contributed by atoms with Gasteiger partial charge in [-0.25, -0.2) is 0 Å². The van der Waals surface area contributed by atoms with Gasteiger partial charge in [0.25, 0.3) is 0 Å². The molecule has 0 radical (unpaired) electrons. The molecule has 1 aliphatic rings. The lowest BCUT2D eigenvalue weighted by atomic mass is 10.0. The van der Waals surface area contributed by atoms with Crippen molar-refractivity contribution in [2.45, 2.75) is 19.5 Å². The lowest BCUT2D eigenvalue weighted by Gasteiger charge is -2.20. The Morgan fingerprint density at radius 3 is 2.71 bits per heavy atom. The molecule has 3 heteroatoms. The summed E-state index contributed by atoms with van der Waals surface area (Å²) >= 11 is 0. The molecular formula is C18H22N2O. The Balaban J connectivity index is 1.74. The topological polar surface area (TPSA) is 35.5 Å². The smallest absolute Gasteiger partial charge is 0.0556 e. The minimum atomic E-state index is 0.190. The SMILES string of the molecule is OCCNCc1cccc2c1CCN2Cc1ccccc1. The van der Waals surface area contributed by atoms with Gasteiger partial charge in [0.05, 0.1) is 6.61 Å². The summed E-state index contributed by atoms with van der Waals surface area (Å²) in [5, 5.41) is 12.2. The van der Waals surface area contributed by atoms with E-state index in [0.29, 0.717) is 6.54 Å². The van der Waals surface area contributed by atoms with Crippen LogP contribution in [0.3, 0.4) is 0 Å². The van der Waals surface area contributed by atoms with Crippen molar-refractivity contribution in [3.05, 3.63) is 65.2 Å². The van der Waals surface area contributed by atoms with E-state index in [4.69, 9.17) is 5.11 Å². The van der Waals surface area contributed by atoms with E-state index in [1.54, 1.807) is 0 Å². The van der Waals surface area contributed by atoms with Crippen LogP contribution < -0.4 is 10.2 Å². The summed E-state index contributed by atoms with van der Waals surface area (Å²) in [5.41, 5.74) is 5.53. The predicted molar refractivity (Wildman–Crippen MR) is 86.4 cm³/mol. The normalized spacial score (nSPS) is 13.5. The van der Waals surface area contributed by atoms with E-state index in [0.717, 1.165) is 26.1 Å². The lowest BCUT2D eigenvalue weighted by molar-refractivity contribution is 0.292. The number of nitrogens with zero attached hydrogens (tertiary/aromatic N) is 1. The number of hydrogen-bond acceptors (Lipinski definition) is 3. The van der Waals surface area contributed by atoms with Crippen molar-refractivity contribution in [1.82, 2.24) is 5.32 Å². The van der Waals surface area contributed by atoms with Crippen LogP contribution in [-0.2, 0) is 19.5 Å². The van der Waals surface area contributed by atoms with Gasteiger partial charge in [-0.05, 0) is 29.2 Å². The van der Waals surface area contributed by atoms with Gasteiger partial charge in [-0.2, -0.15) is 0 Å². The van der Waals surface area contributed by atoms with E-state index in [1.807, 2.05) is 0 Å². The van der Waals surface area contributed by atoms with Crippen LogP contribution in [0.15, 0.2) is 48.5 Å². The Bertz CT molecular complexity index is 583. The second kappa shape index (κ2) is 6.74. The summed E-state index contributed by atoms with van der Waals surface area (Å²) in [4.78, 5) is 2.46. The van der Waals surface area contributed by atoms with E-state index in [9.17, 15) is 0 Å². The number of aliphatic hydroxyl groups is 1. The van der Waals surface area contributed by atoms with Gasteiger partial charge in [0.2, 0.25) is 0 Å². The molecule has 0 bridgehead atoms. The van der Waals surface area contributed by atoms with Crippen LogP contribution in [0.25, 0.3) is 0 Å². The van der Waals surface area contributed by atoms with Crippen molar-refractivity contribution in [2.75, 3.05) is 24.6 Å². The number of nitrogens with one attached hydrogen (secondary N) is 1. The molecule has 0 aromatic heterocycles. The highest BCUT2D eigenvalue weighted by Gasteiger charge is 2.21. The molecule has 2 aromatic carbocycles. The van der Waals surface area contributed by atoms with Crippen LogP contribution in [-0.4, -0.2) is 24.8 Å². The van der Waals surface area contributed by atoms with Crippen molar-refractivity contribution in [3.8, 4) is 0 Å². The number of hydrogen-bond donors (Lipinski definition) is 2. The van der Waals surface area contributed by atoms with Crippen molar-refractivity contribution in [3.63, 3.8) is 0 Å². The van der Waals surface area contributed by atoms with Gasteiger partial charge in [0.15, 0.2) is 0 Å². The fourth-order valence-electron chi connectivity index (χ4n) is 3.01. The molecule has 0 fully saturated rings. The van der Waals surface area contributed by atoms with Gasteiger partial charge in [-0.3, -0.25) is 0 Å². The second-order valence-electron chi connectivity index (χ2n) is 5.47. The summed E-state index contributed by atoms with van der Waals surface area (Å²) in [6, 6.07) is 17.2. The molecule has 2 N–H and O–H groups in total. The third-order valence-corrected chi connectivity index (χ3v) is 4.04. The van der Waals surface area contributed by atoms with Gasteiger partial charge in [-0.1, -0.05) is 42.5 Å². The Labute approximate surface area is 126 Å². The summed E-state index contributed by atoms with van der Waals surface area (Å²) in [5.74, 6) is 0. The molecule has 21 heavy (non-hydrogen) atoms. The van der Waals surface area contributed by atoms with Crippen LogP contribution in [0.5, 0.6) is 0 Å². The van der Waals surface area contributed by atoms with Crippen LogP contribution >= 0.6 is 0 Å². The van der Waals surface area contributed by atoms with Crippen LogP contribution in [0.2, 0.25) is 0 Å². The molecule has 3 nitrogen and oxygen atoms in total. The summed E-state index contributed by atoms with van der Waals surface area (Å²) < 4.78 is 0. The maximum absolute atomic E-state index is 8.87. The van der Waals surface area contributed by atoms with Gasteiger partial charge in [-0.15, -0.1) is 0 Å². The Hall–Kier alpha value is -1.84. The third kappa shape index (κ3) is 3.26. The van der Waals surface area contributed by atoms with Gasteiger partial charge in [0.1, 0.15) is 0 Å². The second-order valence-corrected chi connectivity index (χ2v) is 5.47. The maximum Gasteiger partial charge on any atom is 0.0556 e. The van der Waals surface area contributed by atoms with Crippen LogP contribution in [0.4, 0.5) is 5.69 Å². The zero-order chi connectivity index (χ0) is 14.5. The first kappa shape index (κ1) is 14.1. The monoisotopic (exact) mass is 282 g/mol. The van der Waals surface area contributed by atoms with Crippen molar-refractivity contribution in [1.29, 1.82) is 0 Å². The highest BCUT2D eigenvalue weighted by atomic mass is 16.3. The zero-order valence-corrected chi connectivity index (χ0v) is 12.3. The first-order valence-electron chi connectivity index (χ1n) is 7.59. The Kier molecular flexibility index (Phi) is 4.53. The highest BCUT2D eigenvalue weighted by Crippen LogP contribution is 2.31. The molecule has 3 rings (SSSR count). The summed E-state index contributed by atoms with van der Waals surface area (Å²) in [6.45, 7) is 3.73. The molecule has 1 aliphatic heterocycles. The first-order chi connectivity index (χ1) is 10.4. The fraction of sp³-hybridized carbons (Fsp3) is 0.333.